The molecule has 0 aliphatic heterocycles. The number of carbonyl (C=O) groups excluding carboxylic acids is 1. The summed E-state index contributed by atoms with van der Waals surface area (Å²) < 4.78 is 72.2. The van der Waals surface area contributed by atoms with Crippen LogP contribution in [-0.2, 0) is 4.79 Å². The summed E-state index contributed by atoms with van der Waals surface area (Å²) in [6, 6.07) is 0. The van der Waals surface area contributed by atoms with E-state index < -0.39 is 30.5 Å². The van der Waals surface area contributed by atoms with Gasteiger partial charge in [0.2, 0.25) is 5.92 Å². The van der Waals surface area contributed by atoms with Gasteiger partial charge in [0.05, 0.1) is 0 Å². The maximum Gasteiger partial charge on any atom is 0.407 e. The molecule has 0 aromatic carbocycles. The summed E-state index contributed by atoms with van der Waals surface area (Å²) in [5, 5.41) is 0. The molecule has 0 unspecified atom stereocenters. The number of carbonyl (C=O) groups is 1. The second-order valence-electron chi connectivity index (χ2n) is 3.44. The van der Waals surface area contributed by atoms with Gasteiger partial charge in [-0.3, -0.25) is 4.79 Å². The quantitative estimate of drug-likeness (QED) is 0.534. The van der Waals surface area contributed by atoms with E-state index in [-0.39, 0.29) is 6.42 Å². The minimum Gasteiger partial charge on any atom is -0.299 e. The molecule has 0 aliphatic carbocycles. The Labute approximate surface area is 88.8 Å². The first-order valence-electron chi connectivity index (χ1n) is 4.76. The Morgan fingerprint density at radius 1 is 1.00 bits per heavy atom. The standard InChI is InChI=1S/C9H12F6O/c1-2-3-4-5-6(16)7(8(10,11)12)9(13,14)15/h7H,2-5H2,1H3. The van der Waals surface area contributed by atoms with Crippen LogP contribution >= 0.6 is 0 Å². The highest BCUT2D eigenvalue weighted by molar-refractivity contribution is 5.82. The number of alkyl halides is 6. The fraction of sp³-hybridized carbons (Fsp3) is 0.889. The van der Waals surface area contributed by atoms with E-state index in [0.29, 0.717) is 12.8 Å². The molecule has 0 aromatic heterocycles. The molecule has 0 spiro atoms. The lowest BCUT2D eigenvalue weighted by Gasteiger charge is -2.21. The Morgan fingerprint density at radius 2 is 1.44 bits per heavy atom. The monoisotopic (exact) mass is 250 g/mol. The van der Waals surface area contributed by atoms with E-state index in [9.17, 15) is 31.1 Å². The highest BCUT2D eigenvalue weighted by Crippen LogP contribution is 2.40. The summed E-state index contributed by atoms with van der Waals surface area (Å²) in [7, 11) is 0. The first-order chi connectivity index (χ1) is 7.10. The van der Waals surface area contributed by atoms with Gasteiger partial charge in [-0.2, -0.15) is 26.3 Å². The van der Waals surface area contributed by atoms with Crippen LogP contribution in [0.3, 0.4) is 0 Å². The predicted octanol–water partition coefficient (Wildman–Crippen LogP) is 3.88. The smallest absolute Gasteiger partial charge is 0.299 e. The molecule has 0 rings (SSSR count). The Kier molecular flexibility index (Phi) is 5.28. The normalized spacial score (nSPS) is 13.2. The van der Waals surface area contributed by atoms with E-state index in [0.717, 1.165) is 0 Å². The highest BCUT2D eigenvalue weighted by Gasteiger charge is 2.60. The number of unbranched alkanes of at least 4 members (excludes halogenated alkanes) is 2. The molecule has 0 heterocycles. The summed E-state index contributed by atoms with van der Waals surface area (Å²) in [5.41, 5.74) is 0. The summed E-state index contributed by atoms with van der Waals surface area (Å²) in [4.78, 5) is 10.9. The summed E-state index contributed by atoms with van der Waals surface area (Å²) >= 11 is 0. The van der Waals surface area contributed by atoms with Crippen molar-refractivity contribution in [3.63, 3.8) is 0 Å². The highest BCUT2D eigenvalue weighted by atomic mass is 19.4. The maximum absolute atomic E-state index is 12.0. The van der Waals surface area contributed by atoms with Crippen LogP contribution in [0, 0.1) is 5.92 Å². The van der Waals surface area contributed by atoms with Gasteiger partial charge in [0.15, 0.2) is 5.78 Å². The van der Waals surface area contributed by atoms with Gasteiger partial charge >= 0.3 is 12.4 Å². The average molecular weight is 250 g/mol. The number of Topliss-reactive ketones (excluding diaryl/α,β-unsaturated/α-hetero) is 1. The number of halogens is 6. The van der Waals surface area contributed by atoms with Gasteiger partial charge in [0.25, 0.3) is 0 Å². The molecule has 0 aromatic rings. The van der Waals surface area contributed by atoms with Crippen LogP contribution in [0.1, 0.15) is 32.6 Å². The van der Waals surface area contributed by atoms with Crippen LogP contribution in [-0.4, -0.2) is 18.1 Å². The van der Waals surface area contributed by atoms with Crippen LogP contribution in [0.2, 0.25) is 0 Å². The van der Waals surface area contributed by atoms with E-state index in [2.05, 4.69) is 0 Å². The topological polar surface area (TPSA) is 17.1 Å². The SMILES string of the molecule is CCCCCC(=O)C(C(F)(F)F)C(F)(F)F. The van der Waals surface area contributed by atoms with Crippen molar-refractivity contribution >= 4 is 5.78 Å². The van der Waals surface area contributed by atoms with Gasteiger partial charge in [-0.1, -0.05) is 19.8 Å². The van der Waals surface area contributed by atoms with Crippen molar-refractivity contribution in [1.82, 2.24) is 0 Å². The largest absolute Gasteiger partial charge is 0.407 e. The fourth-order valence-electron chi connectivity index (χ4n) is 1.24. The molecule has 0 amide bonds. The molecule has 0 N–H and O–H groups in total. The van der Waals surface area contributed by atoms with Gasteiger partial charge in [-0.25, -0.2) is 0 Å². The van der Waals surface area contributed by atoms with Gasteiger partial charge in [-0.15, -0.1) is 0 Å². The lowest BCUT2D eigenvalue weighted by molar-refractivity contribution is -0.273. The Morgan fingerprint density at radius 3 is 1.75 bits per heavy atom. The van der Waals surface area contributed by atoms with Crippen LogP contribution in [0.4, 0.5) is 26.3 Å². The average Bonchev–Trinajstić information content (AvgIpc) is 1.98. The lowest BCUT2D eigenvalue weighted by Crippen LogP contribution is -2.42. The molecule has 0 saturated carbocycles. The molecule has 7 heteroatoms. The Balaban J connectivity index is 4.61. The van der Waals surface area contributed by atoms with Crippen molar-refractivity contribution in [3.05, 3.63) is 0 Å². The van der Waals surface area contributed by atoms with Crippen molar-refractivity contribution in [2.24, 2.45) is 5.92 Å². The second-order valence-corrected chi connectivity index (χ2v) is 3.44. The van der Waals surface area contributed by atoms with Crippen LogP contribution < -0.4 is 0 Å². The maximum atomic E-state index is 12.0. The Hall–Kier alpha value is -0.750. The zero-order chi connectivity index (χ0) is 13.0. The molecule has 0 aliphatic rings. The minimum atomic E-state index is -5.55. The van der Waals surface area contributed by atoms with Crippen molar-refractivity contribution in [2.75, 3.05) is 0 Å². The van der Waals surface area contributed by atoms with Crippen molar-refractivity contribution in [1.29, 1.82) is 0 Å². The zero-order valence-corrected chi connectivity index (χ0v) is 8.58. The molecular weight excluding hydrogens is 238 g/mol. The molecule has 16 heavy (non-hydrogen) atoms. The molecule has 0 fully saturated rings. The molecule has 0 radical (unpaired) electrons. The Bertz CT molecular complexity index is 215. The van der Waals surface area contributed by atoms with Gasteiger partial charge in [0, 0.05) is 6.42 Å². The van der Waals surface area contributed by atoms with E-state index >= 15 is 0 Å². The van der Waals surface area contributed by atoms with Crippen molar-refractivity contribution < 1.29 is 31.1 Å². The third-order valence-electron chi connectivity index (χ3n) is 2.00. The van der Waals surface area contributed by atoms with Crippen molar-refractivity contribution in [2.45, 2.75) is 45.0 Å². The first kappa shape index (κ1) is 15.2. The van der Waals surface area contributed by atoms with E-state index in [1.165, 1.54) is 0 Å². The number of hydrogen-bond acceptors (Lipinski definition) is 1. The molecule has 0 saturated heterocycles. The molecule has 96 valence electrons. The summed E-state index contributed by atoms with van der Waals surface area (Å²) in [6.45, 7) is 1.73. The minimum absolute atomic E-state index is 0.0536. The third-order valence-corrected chi connectivity index (χ3v) is 2.00. The fourth-order valence-corrected chi connectivity index (χ4v) is 1.24. The molecule has 1 nitrogen and oxygen atoms in total. The zero-order valence-electron chi connectivity index (χ0n) is 8.58. The van der Waals surface area contributed by atoms with Gasteiger partial charge < -0.3 is 0 Å². The van der Waals surface area contributed by atoms with Crippen LogP contribution in [0.15, 0.2) is 0 Å². The first-order valence-corrected chi connectivity index (χ1v) is 4.76. The summed E-state index contributed by atoms with van der Waals surface area (Å²) in [6.07, 6.45) is -10.7. The van der Waals surface area contributed by atoms with Gasteiger partial charge in [0.1, 0.15) is 0 Å². The van der Waals surface area contributed by atoms with E-state index in [1.54, 1.807) is 6.92 Å². The van der Waals surface area contributed by atoms with Crippen LogP contribution in [0.25, 0.3) is 0 Å². The number of rotatable bonds is 5. The lowest BCUT2D eigenvalue weighted by atomic mass is 9.98. The molecule has 0 atom stereocenters. The molecule has 0 bridgehead atoms. The van der Waals surface area contributed by atoms with Gasteiger partial charge in [-0.05, 0) is 6.42 Å². The number of hydrogen-bond donors (Lipinski definition) is 0. The second kappa shape index (κ2) is 5.54. The van der Waals surface area contributed by atoms with E-state index in [4.69, 9.17) is 0 Å². The number of ketones is 1. The molecular formula is C9H12F6O. The van der Waals surface area contributed by atoms with E-state index in [1.807, 2.05) is 0 Å². The third kappa shape index (κ3) is 4.85. The predicted molar refractivity (Wildman–Crippen MR) is 44.7 cm³/mol. The van der Waals surface area contributed by atoms with Crippen molar-refractivity contribution in [3.8, 4) is 0 Å². The van der Waals surface area contributed by atoms with Crippen LogP contribution in [0.5, 0.6) is 0 Å². The summed E-state index contributed by atoms with van der Waals surface area (Å²) in [5.74, 6) is -5.63.